The molecule has 3 N–H and O–H groups in total. The second-order valence-electron chi connectivity index (χ2n) is 4.16. The van der Waals surface area contributed by atoms with Crippen molar-refractivity contribution >= 4 is 11.9 Å². The van der Waals surface area contributed by atoms with Crippen LogP contribution in [-0.2, 0) is 16.0 Å². The van der Waals surface area contributed by atoms with Gasteiger partial charge in [-0.15, -0.1) is 0 Å². The first-order valence-corrected chi connectivity index (χ1v) is 5.64. The van der Waals surface area contributed by atoms with E-state index in [-0.39, 0.29) is 12.8 Å². The van der Waals surface area contributed by atoms with Gasteiger partial charge in [-0.2, -0.15) is 0 Å². The molecule has 98 valence electrons. The molecule has 18 heavy (non-hydrogen) atoms. The Morgan fingerprint density at radius 1 is 1.22 bits per heavy atom. The minimum Gasteiger partial charge on any atom is -0.481 e. The Hall–Kier alpha value is -1.88. The van der Waals surface area contributed by atoms with Gasteiger partial charge in [-0.05, 0) is 18.4 Å². The second-order valence-corrected chi connectivity index (χ2v) is 4.16. The zero-order valence-electron chi connectivity index (χ0n) is 10.0. The van der Waals surface area contributed by atoms with Gasteiger partial charge in [0, 0.05) is 0 Å². The van der Waals surface area contributed by atoms with Crippen LogP contribution in [0.4, 0.5) is 0 Å². The summed E-state index contributed by atoms with van der Waals surface area (Å²) in [4.78, 5) is 22.3. The predicted molar refractivity (Wildman–Crippen MR) is 64.1 cm³/mol. The molecule has 0 saturated heterocycles. The van der Waals surface area contributed by atoms with Crippen molar-refractivity contribution in [2.24, 2.45) is 5.92 Å². The highest BCUT2D eigenvalue weighted by molar-refractivity contribution is 5.85. The first-order valence-electron chi connectivity index (χ1n) is 5.64. The molecule has 0 bridgehead atoms. The number of carboxylic acids is 2. The molecule has 0 aliphatic heterocycles. The maximum Gasteiger partial charge on any atom is 0.336 e. The Balaban J connectivity index is 3.04. The highest BCUT2D eigenvalue weighted by Crippen LogP contribution is 2.26. The number of benzene rings is 1. The molecule has 0 aliphatic carbocycles. The van der Waals surface area contributed by atoms with Crippen LogP contribution in [0, 0.1) is 5.92 Å². The van der Waals surface area contributed by atoms with Crippen LogP contribution in [0.2, 0.25) is 0 Å². The fourth-order valence-electron chi connectivity index (χ4n) is 1.86. The van der Waals surface area contributed by atoms with Crippen molar-refractivity contribution in [3.8, 4) is 0 Å². The van der Waals surface area contributed by atoms with Crippen molar-refractivity contribution in [1.82, 2.24) is 0 Å². The smallest absolute Gasteiger partial charge is 0.336 e. The molecule has 0 aliphatic rings. The molecule has 0 fully saturated rings. The lowest BCUT2D eigenvalue weighted by molar-refractivity contribution is -0.174. The zero-order valence-corrected chi connectivity index (χ0v) is 10.0. The lowest BCUT2D eigenvalue weighted by Gasteiger charge is -2.28. The molecular weight excluding hydrogens is 236 g/mol. The van der Waals surface area contributed by atoms with E-state index in [4.69, 9.17) is 10.2 Å². The highest BCUT2D eigenvalue weighted by Gasteiger charge is 2.46. The van der Waals surface area contributed by atoms with E-state index < -0.39 is 23.5 Å². The Bertz CT molecular complexity index is 428. The van der Waals surface area contributed by atoms with Crippen LogP contribution in [0.3, 0.4) is 0 Å². The number of carboxylic acid groups (broad SMARTS) is 2. The van der Waals surface area contributed by atoms with Crippen LogP contribution in [0.1, 0.15) is 18.9 Å². The standard InChI is InChI=1S/C13H16O5/c1-2-13(18,12(16)17)10(11(14)15)8-9-6-4-3-5-7-9/h3-7,10,18H,2,8H2,1H3,(H,14,15)(H,16,17). The van der Waals surface area contributed by atoms with Crippen LogP contribution in [0.15, 0.2) is 30.3 Å². The van der Waals surface area contributed by atoms with Crippen molar-refractivity contribution in [2.75, 3.05) is 0 Å². The van der Waals surface area contributed by atoms with E-state index in [9.17, 15) is 14.7 Å². The fourth-order valence-corrected chi connectivity index (χ4v) is 1.86. The average molecular weight is 252 g/mol. The summed E-state index contributed by atoms with van der Waals surface area (Å²) in [5, 5.41) is 28.2. The number of rotatable bonds is 6. The summed E-state index contributed by atoms with van der Waals surface area (Å²) in [6, 6.07) is 8.66. The van der Waals surface area contributed by atoms with Crippen molar-refractivity contribution in [2.45, 2.75) is 25.4 Å². The number of hydrogen-bond donors (Lipinski definition) is 3. The third kappa shape index (κ3) is 2.87. The normalized spacial score (nSPS) is 15.7. The second kappa shape index (κ2) is 5.64. The van der Waals surface area contributed by atoms with Crippen molar-refractivity contribution in [1.29, 1.82) is 0 Å². The Morgan fingerprint density at radius 3 is 2.17 bits per heavy atom. The lowest BCUT2D eigenvalue weighted by Crippen LogP contribution is -2.49. The van der Waals surface area contributed by atoms with Crippen molar-refractivity contribution in [3.63, 3.8) is 0 Å². The molecule has 0 amide bonds. The summed E-state index contributed by atoms with van der Waals surface area (Å²) in [5.41, 5.74) is -1.57. The topological polar surface area (TPSA) is 94.8 Å². The van der Waals surface area contributed by atoms with Crippen LogP contribution in [0.5, 0.6) is 0 Å². The van der Waals surface area contributed by atoms with Gasteiger partial charge in [0.15, 0.2) is 5.60 Å². The highest BCUT2D eigenvalue weighted by atomic mass is 16.4. The third-order valence-corrected chi connectivity index (χ3v) is 3.07. The van der Waals surface area contributed by atoms with Gasteiger partial charge in [0.2, 0.25) is 0 Å². The number of aliphatic carboxylic acids is 2. The van der Waals surface area contributed by atoms with Crippen LogP contribution < -0.4 is 0 Å². The summed E-state index contributed by atoms with van der Waals surface area (Å²) >= 11 is 0. The molecule has 1 rings (SSSR count). The minimum atomic E-state index is -2.25. The Labute approximate surface area is 105 Å². The number of hydrogen-bond acceptors (Lipinski definition) is 3. The molecule has 0 heterocycles. The van der Waals surface area contributed by atoms with Crippen LogP contribution in [0.25, 0.3) is 0 Å². The van der Waals surface area contributed by atoms with Gasteiger partial charge in [0.25, 0.3) is 0 Å². The van der Waals surface area contributed by atoms with Crippen LogP contribution >= 0.6 is 0 Å². The Kier molecular flexibility index (Phi) is 4.44. The first kappa shape index (κ1) is 14.2. The maximum absolute atomic E-state index is 11.2. The van der Waals surface area contributed by atoms with Gasteiger partial charge >= 0.3 is 11.9 Å². The average Bonchev–Trinajstić information content (AvgIpc) is 2.35. The Morgan fingerprint density at radius 2 is 1.78 bits per heavy atom. The van der Waals surface area contributed by atoms with Gasteiger partial charge in [-0.25, -0.2) is 4.79 Å². The van der Waals surface area contributed by atoms with Gasteiger partial charge in [0.05, 0.1) is 0 Å². The largest absolute Gasteiger partial charge is 0.481 e. The molecule has 0 spiro atoms. The molecule has 5 nitrogen and oxygen atoms in total. The van der Waals surface area contributed by atoms with E-state index >= 15 is 0 Å². The summed E-state index contributed by atoms with van der Waals surface area (Å²) in [7, 11) is 0. The number of carbonyl (C=O) groups is 2. The monoisotopic (exact) mass is 252 g/mol. The molecule has 0 saturated carbocycles. The minimum absolute atomic E-state index is 0.0210. The van der Waals surface area contributed by atoms with Crippen LogP contribution in [-0.4, -0.2) is 32.9 Å². The van der Waals surface area contributed by atoms with Gasteiger partial charge < -0.3 is 15.3 Å². The summed E-state index contributed by atoms with van der Waals surface area (Å²) < 4.78 is 0. The van der Waals surface area contributed by atoms with Crippen molar-refractivity contribution in [3.05, 3.63) is 35.9 Å². The van der Waals surface area contributed by atoms with E-state index in [0.29, 0.717) is 5.56 Å². The maximum atomic E-state index is 11.2. The molecule has 1 aromatic rings. The molecule has 0 radical (unpaired) electrons. The van der Waals surface area contributed by atoms with E-state index in [1.54, 1.807) is 30.3 Å². The van der Waals surface area contributed by atoms with E-state index in [1.807, 2.05) is 0 Å². The van der Waals surface area contributed by atoms with Gasteiger partial charge in [-0.3, -0.25) is 4.79 Å². The zero-order chi connectivity index (χ0) is 13.8. The summed E-state index contributed by atoms with van der Waals surface area (Å²) in [6.07, 6.45) is -0.182. The third-order valence-electron chi connectivity index (χ3n) is 3.07. The molecule has 2 unspecified atom stereocenters. The van der Waals surface area contributed by atoms with E-state index in [0.717, 1.165) is 0 Å². The fraction of sp³-hybridized carbons (Fsp3) is 0.385. The summed E-state index contributed by atoms with van der Waals surface area (Å²) in [5.74, 6) is -4.19. The molecular formula is C13H16O5. The molecule has 1 aromatic carbocycles. The van der Waals surface area contributed by atoms with Gasteiger partial charge in [-0.1, -0.05) is 37.3 Å². The first-order chi connectivity index (χ1) is 8.41. The molecule has 0 aromatic heterocycles. The summed E-state index contributed by atoms with van der Waals surface area (Å²) in [6.45, 7) is 1.45. The molecule has 5 heteroatoms. The SMILES string of the molecule is CCC(O)(C(=O)O)C(Cc1ccccc1)C(=O)O. The predicted octanol–water partition coefficient (Wildman–Crippen LogP) is 1.16. The quantitative estimate of drug-likeness (QED) is 0.706. The number of aliphatic hydroxyl groups is 1. The van der Waals surface area contributed by atoms with E-state index in [2.05, 4.69) is 0 Å². The lowest BCUT2D eigenvalue weighted by atomic mass is 9.81. The van der Waals surface area contributed by atoms with Crippen molar-refractivity contribution < 1.29 is 24.9 Å². The molecule has 2 atom stereocenters. The van der Waals surface area contributed by atoms with Gasteiger partial charge in [0.1, 0.15) is 5.92 Å². The van der Waals surface area contributed by atoms with E-state index in [1.165, 1.54) is 6.92 Å².